The summed E-state index contributed by atoms with van der Waals surface area (Å²) >= 11 is 0. The van der Waals surface area contributed by atoms with Crippen molar-refractivity contribution in [1.82, 2.24) is 4.57 Å². The van der Waals surface area contributed by atoms with Gasteiger partial charge in [0.2, 0.25) is 0 Å². The topological polar surface area (TPSA) is 107 Å². The number of aliphatic carboxylic acids is 1. The molecule has 0 saturated heterocycles. The third-order valence-electron chi connectivity index (χ3n) is 5.45. The second-order valence-electron chi connectivity index (χ2n) is 8.27. The van der Waals surface area contributed by atoms with Crippen LogP contribution in [0.1, 0.15) is 39.5 Å². The molecule has 3 N–H and O–H groups in total. The summed E-state index contributed by atoms with van der Waals surface area (Å²) in [5, 5.41) is 13.1. The Labute approximate surface area is 217 Å². The van der Waals surface area contributed by atoms with E-state index < -0.39 is 12.1 Å². The van der Waals surface area contributed by atoms with Crippen LogP contribution in [0.2, 0.25) is 0 Å². The number of hydrazone groups is 1. The van der Waals surface area contributed by atoms with E-state index in [-0.39, 0.29) is 5.97 Å². The van der Waals surface area contributed by atoms with E-state index in [1.165, 1.54) is 16.3 Å². The molecule has 0 aliphatic rings. The number of aromatic nitrogens is 1. The minimum absolute atomic E-state index is 0.297. The number of benzene rings is 3. The number of nitrogens with two attached hydrogens (primary N) is 1. The van der Waals surface area contributed by atoms with Gasteiger partial charge >= 0.3 is 18.1 Å². The van der Waals surface area contributed by atoms with Crippen molar-refractivity contribution in [3.63, 3.8) is 0 Å². The van der Waals surface area contributed by atoms with Crippen molar-refractivity contribution in [1.29, 1.82) is 0 Å². The van der Waals surface area contributed by atoms with Crippen molar-refractivity contribution >= 4 is 28.9 Å². The molecule has 198 valence electrons. The van der Waals surface area contributed by atoms with Crippen LogP contribution in [-0.2, 0) is 22.5 Å². The van der Waals surface area contributed by atoms with Crippen LogP contribution in [0, 0.1) is 0 Å². The second-order valence-corrected chi connectivity index (χ2v) is 8.27. The molecule has 7 nitrogen and oxygen atoms in total. The fraction of sp³-hybridized carbons (Fsp3) is 0.179. The van der Waals surface area contributed by atoms with Gasteiger partial charge in [-0.1, -0.05) is 54.6 Å². The Balaban J connectivity index is 0.000000505. The summed E-state index contributed by atoms with van der Waals surface area (Å²) in [6.07, 6.45) is 1.06. The first-order valence-corrected chi connectivity index (χ1v) is 11.6. The molecule has 0 saturated carbocycles. The van der Waals surface area contributed by atoms with Crippen LogP contribution in [0.4, 0.5) is 13.2 Å². The van der Waals surface area contributed by atoms with Gasteiger partial charge in [-0.05, 0) is 58.5 Å². The Morgan fingerprint density at radius 1 is 1.00 bits per heavy atom. The van der Waals surface area contributed by atoms with E-state index in [1.807, 2.05) is 55.7 Å². The van der Waals surface area contributed by atoms with Crippen molar-refractivity contribution in [3.05, 3.63) is 107 Å². The number of hydrogen-bond donors (Lipinski definition) is 2. The predicted molar refractivity (Wildman–Crippen MR) is 138 cm³/mol. The average Bonchev–Trinajstić information content (AvgIpc) is 3.26. The van der Waals surface area contributed by atoms with Crippen molar-refractivity contribution in [3.8, 4) is 0 Å². The van der Waals surface area contributed by atoms with Gasteiger partial charge in [0.1, 0.15) is 0 Å². The highest BCUT2D eigenvalue weighted by Gasteiger charge is 2.38. The molecular formula is C28H26F3N3O4. The number of carboxylic acid groups (broad SMARTS) is 1. The van der Waals surface area contributed by atoms with Crippen LogP contribution in [0.15, 0.2) is 84.2 Å². The monoisotopic (exact) mass is 525 g/mol. The number of ether oxygens (including phenoxy) is 1. The van der Waals surface area contributed by atoms with Crippen molar-refractivity contribution < 1.29 is 32.6 Å². The lowest BCUT2D eigenvalue weighted by atomic mass is 10.0. The van der Waals surface area contributed by atoms with Crippen LogP contribution in [0.3, 0.4) is 0 Å². The lowest BCUT2D eigenvalue weighted by Crippen LogP contribution is -2.21. The van der Waals surface area contributed by atoms with Gasteiger partial charge in [0, 0.05) is 18.9 Å². The lowest BCUT2D eigenvalue weighted by molar-refractivity contribution is -0.192. The summed E-state index contributed by atoms with van der Waals surface area (Å²) in [6, 6.07) is 22.7. The van der Waals surface area contributed by atoms with Gasteiger partial charge in [0.25, 0.3) is 0 Å². The number of carbonyl (C=O) groups is 2. The first-order valence-electron chi connectivity index (χ1n) is 11.6. The van der Waals surface area contributed by atoms with Gasteiger partial charge in [-0.25, -0.2) is 9.59 Å². The number of esters is 1. The van der Waals surface area contributed by atoms with E-state index in [4.69, 9.17) is 20.5 Å². The van der Waals surface area contributed by atoms with Gasteiger partial charge < -0.3 is 20.3 Å². The number of alkyl halides is 3. The van der Waals surface area contributed by atoms with Gasteiger partial charge in [-0.2, -0.15) is 18.3 Å². The Morgan fingerprint density at radius 3 is 2.37 bits per heavy atom. The standard InChI is InChI=1S/C26H25N3O2.C2HF3O2/c1-2-31-26(30)25-18-29(16-21-10-11-22-8-3-4-9-23(22)14-21)17-24(25)13-19-6-5-7-20(12-19)15-28-27;3-2(4,5)1(6)7/h3-12,14-15,17-18H,2,13,16,27H2,1H3;(H,6,7). The molecule has 1 heterocycles. The summed E-state index contributed by atoms with van der Waals surface area (Å²) < 4.78 is 39.1. The first-order chi connectivity index (χ1) is 18.1. The highest BCUT2D eigenvalue weighted by atomic mass is 19.4. The SMILES string of the molecule is CCOC(=O)c1cn(Cc2ccc3ccccc3c2)cc1Cc1cccc(C=NN)c1.O=C(O)C(F)(F)F. The molecule has 0 aliphatic heterocycles. The van der Waals surface area contributed by atoms with E-state index in [0.717, 1.165) is 16.7 Å². The Hall–Kier alpha value is -4.60. The lowest BCUT2D eigenvalue weighted by Gasteiger charge is -2.05. The molecule has 0 amide bonds. The molecule has 0 radical (unpaired) electrons. The third kappa shape index (κ3) is 7.70. The fourth-order valence-corrected chi connectivity index (χ4v) is 3.82. The van der Waals surface area contributed by atoms with E-state index in [9.17, 15) is 18.0 Å². The Bertz CT molecular complexity index is 1440. The molecular weight excluding hydrogens is 499 g/mol. The molecule has 10 heteroatoms. The minimum atomic E-state index is -5.08. The van der Waals surface area contributed by atoms with Crippen molar-refractivity contribution in [2.24, 2.45) is 10.9 Å². The molecule has 1 aromatic heterocycles. The van der Waals surface area contributed by atoms with Crippen LogP contribution >= 0.6 is 0 Å². The molecule has 0 bridgehead atoms. The van der Waals surface area contributed by atoms with Crippen molar-refractivity contribution in [2.75, 3.05) is 6.61 Å². The van der Waals surface area contributed by atoms with Crippen LogP contribution in [-0.4, -0.2) is 40.6 Å². The van der Waals surface area contributed by atoms with Crippen LogP contribution < -0.4 is 5.84 Å². The number of rotatable bonds is 7. The number of fused-ring (bicyclic) bond motifs is 1. The van der Waals surface area contributed by atoms with E-state index >= 15 is 0 Å². The summed E-state index contributed by atoms with van der Waals surface area (Å²) in [4.78, 5) is 21.5. The molecule has 4 rings (SSSR count). The maximum Gasteiger partial charge on any atom is 0.490 e. The molecule has 0 spiro atoms. The van der Waals surface area contributed by atoms with Gasteiger partial charge in [-0.3, -0.25) is 0 Å². The molecule has 0 atom stereocenters. The number of hydrogen-bond acceptors (Lipinski definition) is 5. The van der Waals surface area contributed by atoms with Gasteiger partial charge in [-0.15, -0.1) is 0 Å². The zero-order chi connectivity index (χ0) is 27.7. The average molecular weight is 526 g/mol. The third-order valence-corrected chi connectivity index (χ3v) is 5.45. The van der Waals surface area contributed by atoms with E-state index in [2.05, 4.69) is 40.0 Å². The number of nitrogens with zero attached hydrogens (tertiary/aromatic N) is 2. The molecule has 4 aromatic rings. The minimum Gasteiger partial charge on any atom is -0.475 e. The molecule has 0 aliphatic carbocycles. The smallest absolute Gasteiger partial charge is 0.475 e. The summed E-state index contributed by atoms with van der Waals surface area (Å²) in [7, 11) is 0. The Morgan fingerprint density at radius 2 is 1.71 bits per heavy atom. The number of halogens is 3. The molecule has 0 unspecified atom stereocenters. The maximum atomic E-state index is 12.6. The maximum absolute atomic E-state index is 12.6. The highest BCUT2D eigenvalue weighted by Crippen LogP contribution is 2.21. The number of carbonyl (C=O) groups excluding carboxylic acids is 1. The Kier molecular flexibility index (Phi) is 9.26. The van der Waals surface area contributed by atoms with Gasteiger partial charge in [0.05, 0.1) is 18.4 Å². The fourth-order valence-electron chi connectivity index (χ4n) is 3.82. The highest BCUT2D eigenvalue weighted by molar-refractivity contribution is 5.91. The zero-order valence-electron chi connectivity index (χ0n) is 20.5. The van der Waals surface area contributed by atoms with Crippen molar-refractivity contribution in [2.45, 2.75) is 26.1 Å². The van der Waals surface area contributed by atoms with Crippen LogP contribution in [0.25, 0.3) is 10.8 Å². The second kappa shape index (κ2) is 12.6. The summed E-state index contributed by atoms with van der Waals surface area (Å²) in [5.41, 5.74) is 4.71. The molecule has 3 aromatic carbocycles. The first kappa shape index (κ1) is 28.0. The summed E-state index contributed by atoms with van der Waals surface area (Å²) in [5.74, 6) is 2.22. The quantitative estimate of drug-likeness (QED) is 0.146. The van der Waals surface area contributed by atoms with Gasteiger partial charge in [0.15, 0.2) is 0 Å². The largest absolute Gasteiger partial charge is 0.490 e. The zero-order valence-corrected chi connectivity index (χ0v) is 20.5. The van der Waals surface area contributed by atoms with E-state index in [1.54, 1.807) is 6.21 Å². The molecule has 0 fully saturated rings. The van der Waals surface area contributed by atoms with E-state index in [0.29, 0.717) is 25.1 Å². The molecule has 38 heavy (non-hydrogen) atoms. The van der Waals surface area contributed by atoms with Crippen LogP contribution in [0.5, 0.6) is 0 Å². The summed E-state index contributed by atoms with van der Waals surface area (Å²) in [6.45, 7) is 2.84. The predicted octanol–water partition coefficient (Wildman–Crippen LogP) is 5.38. The normalized spacial score (nSPS) is 11.3. The number of carboxylic acids is 1.